The molecule has 0 aliphatic carbocycles. The van der Waals surface area contributed by atoms with Crippen LogP contribution in [-0.2, 0) is 11.4 Å². The maximum atomic E-state index is 11.7. The lowest BCUT2D eigenvalue weighted by atomic mass is 10.1. The summed E-state index contributed by atoms with van der Waals surface area (Å²) < 4.78 is 1.66. The summed E-state index contributed by atoms with van der Waals surface area (Å²) in [6, 6.07) is 12.9. The lowest BCUT2D eigenvalue weighted by Gasteiger charge is -2.04. The van der Waals surface area contributed by atoms with Crippen LogP contribution >= 0.6 is 0 Å². The van der Waals surface area contributed by atoms with E-state index in [1.54, 1.807) is 30.8 Å². The van der Waals surface area contributed by atoms with Gasteiger partial charge >= 0.3 is 0 Å². The molecule has 2 aromatic carbocycles. The van der Waals surface area contributed by atoms with Gasteiger partial charge in [0.2, 0.25) is 6.41 Å². The summed E-state index contributed by atoms with van der Waals surface area (Å²) in [5, 5.41) is 22.4. The fraction of sp³-hybridized carbons (Fsp3) is 0.227. The van der Waals surface area contributed by atoms with Gasteiger partial charge in [-0.2, -0.15) is 5.10 Å². The number of primary amides is 1. The number of benzene rings is 2. The van der Waals surface area contributed by atoms with Crippen molar-refractivity contribution in [1.82, 2.24) is 14.7 Å². The first-order chi connectivity index (χ1) is 14.4. The summed E-state index contributed by atoms with van der Waals surface area (Å²) in [5.74, 6) is 5.25. The Labute approximate surface area is 174 Å². The molecule has 0 saturated heterocycles. The van der Waals surface area contributed by atoms with Gasteiger partial charge in [-0.25, -0.2) is 4.68 Å². The number of rotatable bonds is 6. The van der Waals surface area contributed by atoms with E-state index in [1.807, 2.05) is 30.3 Å². The normalized spacial score (nSPS) is 9.87. The maximum absolute atomic E-state index is 11.7. The van der Waals surface area contributed by atoms with E-state index in [1.165, 1.54) is 4.90 Å². The summed E-state index contributed by atoms with van der Waals surface area (Å²) >= 11 is 0. The Balaban J connectivity index is 0.000000396. The molecule has 0 spiro atoms. The molecule has 0 saturated carbocycles. The highest BCUT2D eigenvalue weighted by molar-refractivity contribution is 6.04. The number of nitrogens with two attached hydrogens (primary N) is 1. The largest absolute Gasteiger partial charge is 0.395 e. The number of aliphatic hydroxyl groups is 2. The van der Waals surface area contributed by atoms with Gasteiger partial charge in [-0.1, -0.05) is 18.1 Å². The average molecular weight is 408 g/mol. The molecule has 8 nitrogen and oxygen atoms in total. The van der Waals surface area contributed by atoms with Crippen LogP contribution in [0, 0.1) is 11.8 Å². The first-order valence-electron chi connectivity index (χ1n) is 9.17. The second kappa shape index (κ2) is 10.8. The molecule has 30 heavy (non-hydrogen) atoms. The number of carbonyl (C=O) groups is 2. The van der Waals surface area contributed by atoms with Crippen LogP contribution in [-0.4, -0.2) is 57.4 Å². The van der Waals surface area contributed by atoms with E-state index in [4.69, 9.17) is 10.8 Å². The number of hydrogen-bond acceptors (Lipinski definition) is 5. The Kier molecular flexibility index (Phi) is 8.11. The van der Waals surface area contributed by atoms with Crippen molar-refractivity contribution in [2.45, 2.75) is 13.5 Å². The molecule has 0 fully saturated rings. The number of aliphatic hydroxyl groups excluding tert-OH is 2. The minimum Gasteiger partial charge on any atom is -0.395 e. The lowest BCUT2D eigenvalue weighted by molar-refractivity contribution is -0.117. The first kappa shape index (κ1) is 22.6. The van der Waals surface area contributed by atoms with Gasteiger partial charge in [0.25, 0.3) is 5.91 Å². The molecular formula is C22H24N4O4. The van der Waals surface area contributed by atoms with Crippen LogP contribution in [0.4, 0.5) is 0 Å². The van der Waals surface area contributed by atoms with E-state index in [-0.39, 0.29) is 18.9 Å². The Morgan fingerprint density at radius 2 is 2.03 bits per heavy atom. The van der Waals surface area contributed by atoms with E-state index >= 15 is 0 Å². The summed E-state index contributed by atoms with van der Waals surface area (Å²) in [6.45, 7) is 2.12. The molecule has 3 rings (SSSR count). The van der Waals surface area contributed by atoms with Crippen LogP contribution in [0.5, 0.6) is 0 Å². The van der Waals surface area contributed by atoms with Crippen LogP contribution in [0.15, 0.2) is 42.5 Å². The van der Waals surface area contributed by atoms with Crippen LogP contribution in [0.2, 0.25) is 0 Å². The smallest absolute Gasteiger partial charge is 0.269 e. The summed E-state index contributed by atoms with van der Waals surface area (Å²) in [4.78, 5) is 22.8. The van der Waals surface area contributed by atoms with Gasteiger partial charge in [0.05, 0.1) is 24.4 Å². The van der Waals surface area contributed by atoms with Crippen molar-refractivity contribution in [3.63, 3.8) is 0 Å². The van der Waals surface area contributed by atoms with E-state index in [0.29, 0.717) is 23.9 Å². The zero-order valence-electron chi connectivity index (χ0n) is 16.9. The number of carbonyl (C=O) groups excluding carboxylic acids is 2. The van der Waals surface area contributed by atoms with E-state index in [2.05, 4.69) is 16.9 Å². The number of hydrogen-bond donors (Lipinski definition) is 3. The van der Waals surface area contributed by atoms with Crippen molar-refractivity contribution < 1.29 is 19.8 Å². The van der Waals surface area contributed by atoms with Gasteiger partial charge in [0, 0.05) is 24.5 Å². The molecule has 0 radical (unpaired) electrons. The summed E-state index contributed by atoms with van der Waals surface area (Å²) in [6.07, 6.45) is 0.677. The third-order valence-corrected chi connectivity index (χ3v) is 4.15. The maximum Gasteiger partial charge on any atom is 0.269 e. The average Bonchev–Trinajstić information content (AvgIpc) is 3.14. The molecule has 0 aliphatic heterocycles. The second-order valence-electron chi connectivity index (χ2n) is 6.37. The topological polar surface area (TPSA) is 122 Å². The molecule has 0 aliphatic rings. The minimum atomic E-state index is -0.603. The third kappa shape index (κ3) is 5.44. The molecule has 0 atom stereocenters. The molecule has 4 N–H and O–H groups in total. The Bertz CT molecular complexity index is 1100. The molecule has 2 amide bonds. The zero-order valence-corrected chi connectivity index (χ0v) is 16.9. The van der Waals surface area contributed by atoms with E-state index in [9.17, 15) is 14.7 Å². The summed E-state index contributed by atoms with van der Waals surface area (Å²) in [5.41, 5.74) is 8.72. The third-order valence-electron chi connectivity index (χ3n) is 4.15. The van der Waals surface area contributed by atoms with Crippen LogP contribution in [0.25, 0.3) is 16.6 Å². The molecule has 0 bridgehead atoms. The Morgan fingerprint density at radius 3 is 2.60 bits per heavy atom. The van der Waals surface area contributed by atoms with Crippen LogP contribution in [0.3, 0.4) is 0 Å². The monoisotopic (exact) mass is 408 g/mol. The van der Waals surface area contributed by atoms with Gasteiger partial charge < -0.3 is 20.8 Å². The number of fused-ring (bicyclic) bond motifs is 1. The standard InChI is InChI=1S/C18H15N3O2.C4H9NO2/c1-2-4-12-5-3-6-14(9-12)21-16-8-7-13(11-22)10-15(16)17(20-21)18(19)23;1-5(4-7)2-3-6/h3,5-10,22H,11H2,1H3,(H2,19,23);4,6H,2-3H2,1H3. The predicted octanol–water partition coefficient (Wildman–Crippen LogP) is 1.05. The van der Waals surface area contributed by atoms with Crippen LogP contribution < -0.4 is 5.73 Å². The van der Waals surface area contributed by atoms with Gasteiger partial charge in [-0.05, 0) is 42.8 Å². The number of amides is 2. The molecule has 156 valence electrons. The molecule has 3 aromatic rings. The highest BCUT2D eigenvalue weighted by atomic mass is 16.3. The van der Waals surface area contributed by atoms with Gasteiger partial charge in [-0.15, -0.1) is 5.92 Å². The molecule has 1 aromatic heterocycles. The Hall–Kier alpha value is -3.67. The fourth-order valence-electron chi connectivity index (χ4n) is 2.71. The van der Waals surface area contributed by atoms with E-state index < -0.39 is 5.91 Å². The molecule has 0 unspecified atom stereocenters. The van der Waals surface area contributed by atoms with Gasteiger partial charge in [0.1, 0.15) is 0 Å². The highest BCUT2D eigenvalue weighted by Gasteiger charge is 2.16. The first-order valence-corrected chi connectivity index (χ1v) is 9.17. The van der Waals surface area contributed by atoms with Crippen molar-refractivity contribution in [3.05, 3.63) is 59.3 Å². The number of likely N-dealkylation sites (N-methyl/N-ethyl adjacent to an activating group) is 1. The predicted molar refractivity (Wildman–Crippen MR) is 114 cm³/mol. The minimum absolute atomic E-state index is 0.0369. The fourth-order valence-corrected chi connectivity index (χ4v) is 2.71. The second-order valence-corrected chi connectivity index (χ2v) is 6.37. The number of nitrogens with zero attached hydrogens (tertiary/aromatic N) is 3. The molecular weight excluding hydrogens is 384 g/mol. The number of aromatic nitrogens is 2. The highest BCUT2D eigenvalue weighted by Crippen LogP contribution is 2.24. The quantitative estimate of drug-likeness (QED) is 0.416. The zero-order chi connectivity index (χ0) is 22.1. The van der Waals surface area contributed by atoms with Crippen LogP contribution in [0.1, 0.15) is 28.5 Å². The van der Waals surface area contributed by atoms with Crippen molar-refractivity contribution in [2.24, 2.45) is 5.73 Å². The van der Waals surface area contributed by atoms with Crippen molar-refractivity contribution in [3.8, 4) is 17.5 Å². The summed E-state index contributed by atoms with van der Waals surface area (Å²) in [7, 11) is 1.61. The lowest BCUT2D eigenvalue weighted by Crippen LogP contribution is -2.19. The molecule has 8 heteroatoms. The van der Waals surface area contributed by atoms with Crippen molar-refractivity contribution in [1.29, 1.82) is 0 Å². The van der Waals surface area contributed by atoms with E-state index in [0.717, 1.165) is 16.8 Å². The SMILES string of the molecule is CC#Cc1cccc(-n2nc(C(N)=O)c3cc(CO)ccc32)c1.CN(C=O)CCO. The van der Waals surface area contributed by atoms with Crippen molar-refractivity contribution >= 4 is 23.2 Å². The van der Waals surface area contributed by atoms with Gasteiger partial charge in [0.15, 0.2) is 5.69 Å². The Morgan fingerprint density at radius 1 is 1.27 bits per heavy atom. The van der Waals surface area contributed by atoms with Crippen molar-refractivity contribution in [2.75, 3.05) is 20.2 Å². The van der Waals surface area contributed by atoms with Gasteiger partial charge in [-0.3, -0.25) is 9.59 Å². The molecule has 1 heterocycles.